The average molecular weight is 871 g/mol. The van der Waals surface area contributed by atoms with Crippen LogP contribution in [-0.4, -0.2) is 23.9 Å². The van der Waals surface area contributed by atoms with E-state index < -0.39 is 8.07 Å². The fourth-order valence-electron chi connectivity index (χ4n) is 6.05. The van der Waals surface area contributed by atoms with Crippen molar-refractivity contribution in [3.05, 3.63) is 84.3 Å². The number of nitrogens with zero attached hydrogens (tertiary/aromatic N) is 1. The Balaban J connectivity index is 0.000000312. The number of aliphatic hydroxyl groups is 1. The Hall–Kier alpha value is -2.63. The number of allylic oxidation sites excluding steroid dienone is 2. The quantitative estimate of drug-likeness (QED) is 0.0695. The molecule has 0 saturated heterocycles. The van der Waals surface area contributed by atoms with E-state index in [1.807, 2.05) is 59.1 Å². The van der Waals surface area contributed by atoms with Gasteiger partial charge in [-0.05, 0) is 54.0 Å². The van der Waals surface area contributed by atoms with Gasteiger partial charge in [-0.1, -0.05) is 128 Å². The van der Waals surface area contributed by atoms with Gasteiger partial charge in [0, 0.05) is 58.3 Å². The first-order valence-electron chi connectivity index (χ1n) is 17.7. The van der Waals surface area contributed by atoms with Gasteiger partial charge in [0.1, 0.15) is 5.76 Å². The van der Waals surface area contributed by atoms with Gasteiger partial charge < -0.3 is 5.11 Å². The van der Waals surface area contributed by atoms with Crippen LogP contribution in [0.25, 0.3) is 42.2 Å². The van der Waals surface area contributed by atoms with Crippen molar-refractivity contribution in [1.82, 2.24) is 4.98 Å². The van der Waals surface area contributed by atoms with Crippen molar-refractivity contribution in [2.45, 2.75) is 113 Å². The van der Waals surface area contributed by atoms with Crippen LogP contribution >= 0.6 is 11.3 Å². The van der Waals surface area contributed by atoms with Crippen molar-refractivity contribution in [2.24, 2.45) is 10.8 Å². The predicted octanol–water partition coefficient (Wildman–Crippen LogP) is 12.6. The summed E-state index contributed by atoms with van der Waals surface area (Å²) in [5.74, 6) is 0.286. The molecule has 49 heavy (non-hydrogen) atoms. The number of aromatic nitrogens is 1. The number of thiophene rings is 1. The third-order valence-electron chi connectivity index (χ3n) is 10.7. The number of aliphatic hydroxyl groups excluding tert-OH is 1. The molecule has 0 saturated carbocycles. The first-order valence-corrected chi connectivity index (χ1v) is 22.0. The molecule has 1 radical (unpaired) electrons. The third-order valence-corrected chi connectivity index (χ3v) is 13.9. The number of benzene rings is 3. The number of hydrogen-bond acceptors (Lipinski definition) is 4. The Morgan fingerprint density at radius 3 is 2.02 bits per heavy atom. The fourth-order valence-corrected chi connectivity index (χ4v) is 8.46. The first-order chi connectivity index (χ1) is 22.4. The minimum Gasteiger partial charge on any atom is -0.512 e. The molecule has 3 aromatic carbocycles. The summed E-state index contributed by atoms with van der Waals surface area (Å²) in [6.07, 6.45) is 6.70. The molecule has 0 bridgehead atoms. The maximum absolute atomic E-state index is 12.2. The molecule has 0 fully saturated rings. The van der Waals surface area contributed by atoms with E-state index in [-0.39, 0.29) is 47.9 Å². The van der Waals surface area contributed by atoms with Gasteiger partial charge in [-0.2, -0.15) is 0 Å². The summed E-state index contributed by atoms with van der Waals surface area (Å²) in [6.45, 7) is 26.2. The van der Waals surface area contributed by atoms with Crippen LogP contribution in [0.1, 0.15) is 93.6 Å². The zero-order valence-electron chi connectivity index (χ0n) is 31.7. The van der Waals surface area contributed by atoms with Crippen molar-refractivity contribution in [3.8, 4) is 11.3 Å². The summed E-state index contributed by atoms with van der Waals surface area (Å²) in [6, 6.07) is 23.8. The number of hydrogen-bond donors (Lipinski definition) is 1. The fraction of sp³-hybridized carbons (Fsp3) is 0.442. The van der Waals surface area contributed by atoms with E-state index in [9.17, 15) is 9.90 Å². The van der Waals surface area contributed by atoms with Gasteiger partial charge in [0.15, 0.2) is 5.78 Å². The molecular formula is C43H56IrNO2SSi-. The number of rotatable bonds is 9. The number of carbonyl (C=O) groups is 1. The molecule has 5 rings (SSSR count). The van der Waals surface area contributed by atoms with Crippen LogP contribution in [-0.2, 0) is 30.3 Å². The summed E-state index contributed by atoms with van der Waals surface area (Å²) in [5, 5.41) is 16.6. The molecule has 0 spiro atoms. The summed E-state index contributed by atoms with van der Waals surface area (Å²) in [4.78, 5) is 17.1. The van der Waals surface area contributed by atoms with Crippen molar-refractivity contribution >= 4 is 61.3 Å². The zero-order chi connectivity index (χ0) is 35.7. The Morgan fingerprint density at radius 1 is 0.837 bits per heavy atom. The van der Waals surface area contributed by atoms with Crippen LogP contribution in [0.15, 0.2) is 72.6 Å². The van der Waals surface area contributed by atoms with Gasteiger partial charge in [0.05, 0.1) is 8.07 Å². The largest absolute Gasteiger partial charge is 0.512 e. The van der Waals surface area contributed by atoms with Crippen LogP contribution in [0.4, 0.5) is 0 Å². The molecule has 3 nitrogen and oxygen atoms in total. The monoisotopic (exact) mass is 871 g/mol. The summed E-state index contributed by atoms with van der Waals surface area (Å²) < 4.78 is 2.66. The van der Waals surface area contributed by atoms with Crippen molar-refractivity contribution in [1.29, 1.82) is 0 Å². The van der Waals surface area contributed by atoms with Crippen LogP contribution in [0, 0.1) is 16.9 Å². The molecule has 0 aliphatic heterocycles. The smallest absolute Gasteiger partial charge is 0.164 e. The maximum atomic E-state index is 12.2. The normalized spacial score (nSPS) is 12.9. The summed E-state index contributed by atoms with van der Waals surface area (Å²) in [7, 11) is -1.35. The van der Waals surface area contributed by atoms with Gasteiger partial charge in [-0.15, -0.1) is 40.5 Å². The van der Waals surface area contributed by atoms with Crippen LogP contribution in [0.2, 0.25) is 19.6 Å². The number of fused-ring (bicyclic) bond motifs is 4. The second kappa shape index (κ2) is 15.7. The molecule has 0 aliphatic rings. The second-order valence-electron chi connectivity index (χ2n) is 15.9. The molecule has 0 atom stereocenters. The van der Waals surface area contributed by atoms with Crippen LogP contribution in [0.5, 0.6) is 0 Å². The molecule has 0 unspecified atom stereocenters. The maximum Gasteiger partial charge on any atom is 0.164 e. The van der Waals surface area contributed by atoms with Gasteiger partial charge in [-0.25, -0.2) is 0 Å². The van der Waals surface area contributed by atoms with Crippen LogP contribution in [0.3, 0.4) is 0 Å². The van der Waals surface area contributed by atoms with Crippen LogP contribution < -0.4 is 5.19 Å². The summed E-state index contributed by atoms with van der Waals surface area (Å²) in [5.41, 5.74) is 2.91. The SMILES string of the molecule is CC(C)(C)c1cc(-c2nccc3sc4cc([Si](C)(C)C)ccc4c23)[c-]c2ccccc12.CCC(C)(CC)C(=O)/C=C(\O)C(C)(CC)CC.[Ir]. The van der Waals surface area contributed by atoms with Gasteiger partial charge >= 0.3 is 0 Å². The number of carbonyl (C=O) groups excluding carboxylic acids is 1. The molecule has 6 heteroatoms. The molecule has 2 heterocycles. The minimum absolute atomic E-state index is 0. The number of pyridine rings is 1. The van der Waals surface area contributed by atoms with E-state index in [2.05, 4.69) is 101 Å². The first kappa shape index (κ1) is 40.8. The molecular weight excluding hydrogens is 815 g/mol. The molecule has 1 N–H and O–H groups in total. The Bertz CT molecular complexity index is 1950. The molecule has 265 valence electrons. The van der Waals surface area contributed by atoms with E-state index in [0.717, 1.165) is 42.3 Å². The minimum atomic E-state index is -1.35. The molecule has 5 aromatic rings. The van der Waals surface area contributed by atoms with Crippen molar-refractivity contribution in [2.75, 3.05) is 0 Å². The summed E-state index contributed by atoms with van der Waals surface area (Å²) >= 11 is 1.88. The van der Waals surface area contributed by atoms with Gasteiger partial charge in [0.25, 0.3) is 0 Å². The van der Waals surface area contributed by atoms with Crippen molar-refractivity contribution in [3.63, 3.8) is 0 Å². The third kappa shape index (κ3) is 8.64. The molecule has 0 aliphatic carbocycles. The van der Waals surface area contributed by atoms with E-state index in [4.69, 9.17) is 4.98 Å². The second-order valence-corrected chi connectivity index (χ2v) is 22.1. The molecule has 2 aromatic heterocycles. The van der Waals surface area contributed by atoms with E-state index in [1.54, 1.807) is 0 Å². The van der Waals surface area contributed by atoms with Gasteiger partial charge in [-0.3, -0.25) is 9.78 Å². The van der Waals surface area contributed by atoms with E-state index in [1.165, 1.54) is 42.4 Å². The van der Waals surface area contributed by atoms with Gasteiger partial charge in [0.2, 0.25) is 0 Å². The standard InChI is InChI=1S/C28H28NSSi.C15H28O2.Ir/c1-28(2,3)23-16-19(15-18-9-7-8-10-21(18)23)27-26-22-12-11-20(31(4,5)6)17-25(22)30-24(26)13-14-29-27;1-7-14(5,8-2)12(16)11-13(17)15(6,9-3)10-4;/h7-14,16-17H,1-6H3;11,16H,7-10H2,1-6H3;/q-1;;/b;12-11-;. The van der Waals surface area contributed by atoms with E-state index in [0.29, 0.717) is 0 Å². The van der Waals surface area contributed by atoms with Crippen molar-refractivity contribution < 1.29 is 30.0 Å². The Kier molecular flexibility index (Phi) is 13.1. The molecule has 0 amide bonds. The average Bonchev–Trinajstić information content (AvgIpc) is 3.44. The number of ketones is 1. The zero-order valence-corrected chi connectivity index (χ0v) is 35.9. The predicted molar refractivity (Wildman–Crippen MR) is 214 cm³/mol. The Labute approximate surface area is 314 Å². The topological polar surface area (TPSA) is 50.2 Å². The Morgan fingerprint density at radius 2 is 1.45 bits per heavy atom. The van der Waals surface area contributed by atoms with E-state index >= 15 is 0 Å².